The summed E-state index contributed by atoms with van der Waals surface area (Å²) < 4.78 is 5.42. The van der Waals surface area contributed by atoms with E-state index < -0.39 is 0 Å². The Morgan fingerprint density at radius 1 is 1.57 bits per heavy atom. The van der Waals surface area contributed by atoms with Gasteiger partial charge in [-0.15, -0.1) is 0 Å². The molecule has 6 heteroatoms. The van der Waals surface area contributed by atoms with Gasteiger partial charge >= 0.3 is 6.03 Å². The van der Waals surface area contributed by atoms with E-state index in [9.17, 15) is 9.90 Å². The molecule has 116 valence electrons. The summed E-state index contributed by atoms with van der Waals surface area (Å²) >= 11 is 6.15. The number of hydrogen-bond acceptors (Lipinski definition) is 3. The van der Waals surface area contributed by atoms with E-state index in [2.05, 4.69) is 5.32 Å². The zero-order valence-electron chi connectivity index (χ0n) is 12.1. The number of hydrogen-bond donors (Lipinski definition) is 2. The summed E-state index contributed by atoms with van der Waals surface area (Å²) in [6, 6.07) is 7.18. The first kappa shape index (κ1) is 16.1. The number of methoxy groups -OCH3 is 1. The fourth-order valence-corrected chi connectivity index (χ4v) is 2.89. The number of carbonyl (C=O) groups excluding carboxylic acids is 1. The molecule has 2 amide bonds. The van der Waals surface area contributed by atoms with E-state index in [1.807, 2.05) is 18.2 Å². The summed E-state index contributed by atoms with van der Waals surface area (Å²) in [5, 5.41) is 12.7. The molecule has 1 aromatic rings. The number of nitrogens with zero attached hydrogens (tertiary/aromatic N) is 1. The predicted molar refractivity (Wildman–Crippen MR) is 81.4 cm³/mol. The largest absolute Gasteiger partial charge is 0.394 e. The molecule has 5 nitrogen and oxygen atoms in total. The van der Waals surface area contributed by atoms with Crippen molar-refractivity contribution in [1.82, 2.24) is 10.2 Å². The summed E-state index contributed by atoms with van der Waals surface area (Å²) in [7, 11) is 1.59. The van der Waals surface area contributed by atoms with Crippen LogP contribution in [0, 0.1) is 0 Å². The number of nitrogens with one attached hydrogen (secondary N) is 1. The van der Waals surface area contributed by atoms with Crippen molar-refractivity contribution < 1.29 is 14.6 Å². The molecule has 0 spiro atoms. The minimum atomic E-state index is -0.294. The molecular formula is C15H21ClN2O3. The molecule has 21 heavy (non-hydrogen) atoms. The zero-order valence-corrected chi connectivity index (χ0v) is 12.8. The molecule has 1 unspecified atom stereocenters. The average Bonchev–Trinajstić information content (AvgIpc) is 2.98. The zero-order chi connectivity index (χ0) is 15.2. The number of likely N-dealkylation sites (tertiary alicyclic amines) is 1. The van der Waals surface area contributed by atoms with Crippen molar-refractivity contribution in [3.05, 3.63) is 34.9 Å². The van der Waals surface area contributed by atoms with Crippen molar-refractivity contribution in [2.24, 2.45) is 0 Å². The number of ether oxygens (including phenoxy) is 1. The number of urea groups is 1. The van der Waals surface area contributed by atoms with Crippen LogP contribution in [0.5, 0.6) is 0 Å². The van der Waals surface area contributed by atoms with Gasteiger partial charge in [-0.3, -0.25) is 0 Å². The van der Waals surface area contributed by atoms with Gasteiger partial charge in [-0.05, 0) is 18.9 Å². The van der Waals surface area contributed by atoms with Crippen LogP contribution in [0.15, 0.2) is 24.3 Å². The second-order valence-electron chi connectivity index (χ2n) is 5.10. The molecule has 2 rings (SSSR count). The molecule has 0 aromatic heterocycles. The molecule has 2 atom stereocenters. The molecule has 1 aromatic carbocycles. The minimum absolute atomic E-state index is 0.00560. The topological polar surface area (TPSA) is 61.8 Å². The van der Waals surface area contributed by atoms with Gasteiger partial charge in [0.05, 0.1) is 12.6 Å². The summed E-state index contributed by atoms with van der Waals surface area (Å²) in [4.78, 5) is 13.8. The molecule has 1 fully saturated rings. The summed E-state index contributed by atoms with van der Waals surface area (Å²) in [5.41, 5.74) is 0.849. The number of benzene rings is 1. The Morgan fingerprint density at radius 3 is 3.00 bits per heavy atom. The highest BCUT2D eigenvalue weighted by molar-refractivity contribution is 6.31. The van der Waals surface area contributed by atoms with Crippen LogP contribution in [0.4, 0.5) is 4.79 Å². The van der Waals surface area contributed by atoms with Gasteiger partial charge in [0.2, 0.25) is 0 Å². The average molecular weight is 313 g/mol. The fraction of sp³-hybridized carbons (Fsp3) is 0.533. The van der Waals surface area contributed by atoms with Crippen LogP contribution in [0.2, 0.25) is 5.02 Å². The molecule has 1 aliphatic heterocycles. The lowest BCUT2D eigenvalue weighted by Gasteiger charge is -2.25. The van der Waals surface area contributed by atoms with E-state index in [1.165, 1.54) is 0 Å². The van der Waals surface area contributed by atoms with E-state index in [0.717, 1.165) is 18.4 Å². The Kier molecular flexibility index (Phi) is 5.85. The molecular weight excluding hydrogens is 292 g/mol. The van der Waals surface area contributed by atoms with Gasteiger partial charge in [0, 0.05) is 30.8 Å². The Bertz CT molecular complexity index is 484. The number of amides is 2. The third-order valence-electron chi connectivity index (χ3n) is 3.82. The van der Waals surface area contributed by atoms with Crippen molar-refractivity contribution in [1.29, 1.82) is 0 Å². The van der Waals surface area contributed by atoms with Gasteiger partial charge in [-0.25, -0.2) is 4.79 Å². The lowest BCUT2D eigenvalue weighted by Crippen LogP contribution is -2.45. The van der Waals surface area contributed by atoms with E-state index >= 15 is 0 Å². The van der Waals surface area contributed by atoms with Gasteiger partial charge in [-0.1, -0.05) is 29.8 Å². The van der Waals surface area contributed by atoms with Crippen molar-refractivity contribution in [2.45, 2.75) is 25.0 Å². The number of aliphatic hydroxyl groups excluding tert-OH is 1. The Morgan fingerprint density at radius 2 is 2.33 bits per heavy atom. The van der Waals surface area contributed by atoms with Crippen molar-refractivity contribution in [3.63, 3.8) is 0 Å². The van der Waals surface area contributed by atoms with Crippen LogP contribution in [-0.2, 0) is 4.74 Å². The summed E-state index contributed by atoms with van der Waals surface area (Å²) in [5.74, 6) is 0. The second-order valence-corrected chi connectivity index (χ2v) is 5.51. The maximum Gasteiger partial charge on any atom is 0.317 e. The van der Waals surface area contributed by atoms with Gasteiger partial charge in [0.15, 0.2) is 0 Å². The Hall–Kier alpha value is -1.30. The van der Waals surface area contributed by atoms with Crippen molar-refractivity contribution >= 4 is 17.6 Å². The Balaban J connectivity index is 1.94. The predicted octanol–water partition coefficient (Wildman–Crippen LogP) is 2.19. The van der Waals surface area contributed by atoms with Crippen LogP contribution in [0.1, 0.15) is 24.5 Å². The third kappa shape index (κ3) is 3.87. The van der Waals surface area contributed by atoms with E-state index in [-0.39, 0.29) is 24.8 Å². The maximum atomic E-state index is 12.2. The van der Waals surface area contributed by atoms with Gasteiger partial charge < -0.3 is 20.1 Å². The normalized spacial score (nSPS) is 19.6. The van der Waals surface area contributed by atoms with Crippen LogP contribution in [0.3, 0.4) is 0 Å². The second kappa shape index (κ2) is 7.64. The molecule has 0 aliphatic carbocycles. The highest BCUT2D eigenvalue weighted by Gasteiger charge is 2.28. The highest BCUT2D eigenvalue weighted by Crippen LogP contribution is 2.24. The standard InChI is InChI=1S/C15H21ClN2O3/c1-21-14(12-6-2-3-7-13(12)16)9-17-15(20)18-8-4-5-11(18)10-19/h2-3,6-7,11,14,19H,4-5,8-10H2,1H3,(H,17,20)/t11-,14?/m0/s1. The molecule has 0 radical (unpaired) electrons. The van der Waals surface area contributed by atoms with Crippen molar-refractivity contribution in [2.75, 3.05) is 26.8 Å². The molecule has 0 bridgehead atoms. The summed E-state index contributed by atoms with van der Waals surface area (Å²) in [6.45, 7) is 1.03. The van der Waals surface area contributed by atoms with E-state index in [4.69, 9.17) is 16.3 Å². The number of rotatable bonds is 5. The van der Waals surface area contributed by atoms with E-state index in [1.54, 1.807) is 18.1 Å². The van der Waals surface area contributed by atoms with Crippen molar-refractivity contribution in [3.8, 4) is 0 Å². The highest BCUT2D eigenvalue weighted by atomic mass is 35.5. The van der Waals surface area contributed by atoms with Gasteiger partial charge in [0.25, 0.3) is 0 Å². The molecule has 2 N–H and O–H groups in total. The molecule has 1 saturated heterocycles. The van der Waals surface area contributed by atoms with Crippen LogP contribution >= 0.6 is 11.6 Å². The smallest absolute Gasteiger partial charge is 0.317 e. The van der Waals surface area contributed by atoms with E-state index in [0.29, 0.717) is 18.1 Å². The first-order valence-corrected chi connectivity index (χ1v) is 7.47. The summed E-state index contributed by atoms with van der Waals surface area (Å²) in [6.07, 6.45) is 1.48. The lowest BCUT2D eigenvalue weighted by molar-refractivity contribution is 0.0994. The van der Waals surface area contributed by atoms with Crippen LogP contribution in [-0.4, -0.2) is 48.9 Å². The lowest BCUT2D eigenvalue weighted by atomic mass is 10.1. The van der Waals surface area contributed by atoms with Gasteiger partial charge in [0.1, 0.15) is 6.10 Å². The quantitative estimate of drug-likeness (QED) is 0.876. The molecule has 1 heterocycles. The maximum absolute atomic E-state index is 12.2. The number of aliphatic hydroxyl groups is 1. The first-order chi connectivity index (χ1) is 10.2. The molecule has 1 aliphatic rings. The van der Waals surface area contributed by atoms with Crippen LogP contribution < -0.4 is 5.32 Å². The number of carbonyl (C=O) groups is 1. The fourth-order valence-electron chi connectivity index (χ4n) is 2.63. The molecule has 0 saturated carbocycles. The SMILES string of the molecule is COC(CNC(=O)N1CCC[C@H]1CO)c1ccccc1Cl. The number of halogens is 1. The first-order valence-electron chi connectivity index (χ1n) is 7.10. The third-order valence-corrected chi connectivity index (χ3v) is 4.17. The monoisotopic (exact) mass is 312 g/mol. The minimum Gasteiger partial charge on any atom is -0.394 e. The van der Waals surface area contributed by atoms with Crippen LogP contribution in [0.25, 0.3) is 0 Å². The van der Waals surface area contributed by atoms with Gasteiger partial charge in [-0.2, -0.15) is 0 Å². The Labute approximate surface area is 129 Å².